The summed E-state index contributed by atoms with van der Waals surface area (Å²) in [6.07, 6.45) is 5.03. The summed E-state index contributed by atoms with van der Waals surface area (Å²) in [6.45, 7) is 3.85. The van der Waals surface area contributed by atoms with Gasteiger partial charge < -0.3 is 10.7 Å². The minimum atomic E-state index is -3.89. The van der Waals surface area contributed by atoms with Crippen LogP contribution in [0, 0.1) is 30.5 Å². The van der Waals surface area contributed by atoms with E-state index in [0.29, 0.717) is 23.4 Å². The molecule has 0 spiro atoms. The fourth-order valence-corrected chi connectivity index (χ4v) is 7.13. The first-order chi connectivity index (χ1) is 18.6. The molecular weight excluding hydrogens is 515 g/mol. The zero-order valence-electron chi connectivity index (χ0n) is 21.7. The Morgan fingerprint density at radius 1 is 1.10 bits per heavy atom. The lowest BCUT2D eigenvalue weighted by molar-refractivity contribution is 0.0770. The van der Waals surface area contributed by atoms with Gasteiger partial charge in [0.25, 0.3) is 0 Å². The minimum absolute atomic E-state index is 0.0647. The molecule has 0 saturated carbocycles. The monoisotopic (exact) mass is 544 g/mol. The van der Waals surface area contributed by atoms with Gasteiger partial charge in [-0.1, -0.05) is 17.7 Å². The van der Waals surface area contributed by atoms with Crippen molar-refractivity contribution in [1.29, 1.82) is 5.41 Å². The summed E-state index contributed by atoms with van der Waals surface area (Å²) < 4.78 is 42.5. The summed E-state index contributed by atoms with van der Waals surface area (Å²) in [5, 5.41) is 11.4. The Labute approximate surface area is 227 Å². The summed E-state index contributed by atoms with van der Waals surface area (Å²) in [6, 6.07) is 16.2. The van der Waals surface area contributed by atoms with E-state index in [4.69, 9.17) is 5.41 Å². The quantitative estimate of drug-likeness (QED) is 0.304. The van der Waals surface area contributed by atoms with Crippen molar-refractivity contribution in [1.82, 2.24) is 9.29 Å². The minimum Gasteiger partial charge on any atom is -0.355 e. The molecule has 7 nitrogen and oxygen atoms in total. The Kier molecular flexibility index (Phi) is 7.05. The third-order valence-corrected chi connectivity index (χ3v) is 9.13. The molecule has 2 aromatic carbocycles. The molecule has 9 heteroatoms. The predicted octanol–water partition coefficient (Wildman–Crippen LogP) is 5.45. The van der Waals surface area contributed by atoms with Gasteiger partial charge >= 0.3 is 0 Å². The Morgan fingerprint density at radius 3 is 2.46 bits per heavy atom. The number of hydrogen-bond acceptors (Lipinski definition) is 6. The number of aryl methyl sites for hydroxylation is 2. The van der Waals surface area contributed by atoms with Crippen molar-refractivity contribution in [3.8, 4) is 0 Å². The Bertz CT molecular complexity index is 1600. The number of sulfonamides is 1. The van der Waals surface area contributed by atoms with Crippen LogP contribution in [-0.4, -0.2) is 42.8 Å². The summed E-state index contributed by atoms with van der Waals surface area (Å²) in [5.41, 5.74) is 3.29. The van der Waals surface area contributed by atoms with Crippen molar-refractivity contribution in [3.63, 3.8) is 0 Å². The van der Waals surface area contributed by atoms with Crippen molar-refractivity contribution in [3.05, 3.63) is 112 Å². The predicted molar refractivity (Wildman–Crippen MR) is 149 cm³/mol. The van der Waals surface area contributed by atoms with E-state index in [2.05, 4.69) is 10.3 Å². The summed E-state index contributed by atoms with van der Waals surface area (Å²) >= 11 is 0. The summed E-state index contributed by atoms with van der Waals surface area (Å²) in [4.78, 5) is 18.6. The van der Waals surface area contributed by atoms with E-state index in [1.54, 1.807) is 42.5 Å². The Morgan fingerprint density at radius 2 is 1.82 bits per heavy atom. The maximum atomic E-state index is 14.2. The molecule has 3 aromatic rings. The first-order valence-corrected chi connectivity index (χ1v) is 14.1. The first kappa shape index (κ1) is 26.6. The smallest absolute Gasteiger partial charge is 0.243 e. The zero-order chi connectivity index (χ0) is 27.8. The van der Waals surface area contributed by atoms with Crippen LogP contribution in [0.5, 0.6) is 0 Å². The summed E-state index contributed by atoms with van der Waals surface area (Å²) in [5.74, 6) is -0.643. The van der Waals surface area contributed by atoms with Crippen molar-refractivity contribution in [2.45, 2.75) is 31.6 Å². The molecule has 2 heterocycles. The molecule has 2 N–H and O–H groups in total. The highest BCUT2D eigenvalue weighted by atomic mass is 32.2. The molecule has 0 bridgehead atoms. The highest BCUT2D eigenvalue weighted by Gasteiger charge is 2.51. The van der Waals surface area contributed by atoms with Crippen molar-refractivity contribution < 1.29 is 17.6 Å². The lowest BCUT2D eigenvalue weighted by Gasteiger charge is -2.45. The van der Waals surface area contributed by atoms with E-state index < -0.39 is 15.4 Å². The van der Waals surface area contributed by atoms with Crippen LogP contribution in [0.15, 0.2) is 94.7 Å². The third-order valence-electron chi connectivity index (χ3n) is 7.31. The molecule has 1 fully saturated rings. The highest BCUT2D eigenvalue weighted by Crippen LogP contribution is 2.47. The van der Waals surface area contributed by atoms with Crippen LogP contribution in [0.4, 0.5) is 10.1 Å². The van der Waals surface area contributed by atoms with Gasteiger partial charge in [0, 0.05) is 36.9 Å². The van der Waals surface area contributed by atoms with Crippen LogP contribution >= 0.6 is 0 Å². The van der Waals surface area contributed by atoms with Gasteiger partial charge in [-0.25, -0.2) is 12.8 Å². The molecule has 1 aromatic heterocycles. The number of aromatic nitrogens is 1. The van der Waals surface area contributed by atoms with Gasteiger partial charge in [-0.15, -0.1) is 0 Å². The van der Waals surface area contributed by atoms with Crippen molar-refractivity contribution in [2.24, 2.45) is 5.41 Å². The van der Waals surface area contributed by atoms with Gasteiger partial charge in [-0.05, 0) is 98.0 Å². The number of rotatable bonds is 7. The van der Waals surface area contributed by atoms with Crippen LogP contribution in [0.25, 0.3) is 0 Å². The SMILES string of the molecule is Cc1cc(C)cc(S(=O)(=O)N2CCC3=CC(Nc4ccc(F)cc4)=C(C=N)CC3(C(=O)c3ccccn3)C2)c1. The zero-order valence-corrected chi connectivity index (χ0v) is 22.6. The van der Waals surface area contributed by atoms with Gasteiger partial charge in [0.2, 0.25) is 10.0 Å². The topological polar surface area (TPSA) is 103 Å². The summed E-state index contributed by atoms with van der Waals surface area (Å²) in [7, 11) is -3.89. The number of piperidine rings is 1. The fourth-order valence-electron chi connectivity index (χ4n) is 5.44. The highest BCUT2D eigenvalue weighted by molar-refractivity contribution is 7.89. The van der Waals surface area contributed by atoms with Gasteiger partial charge in [0.15, 0.2) is 5.78 Å². The van der Waals surface area contributed by atoms with Gasteiger partial charge in [0.05, 0.1) is 10.3 Å². The number of carbonyl (C=O) groups excluding carboxylic acids is 1. The van der Waals surface area contributed by atoms with Gasteiger partial charge in [-0.2, -0.15) is 4.31 Å². The van der Waals surface area contributed by atoms with Crippen LogP contribution in [0.1, 0.15) is 34.5 Å². The lowest BCUT2D eigenvalue weighted by atomic mass is 9.65. The molecule has 1 saturated heterocycles. The number of hydrogen-bond donors (Lipinski definition) is 2. The van der Waals surface area contributed by atoms with Gasteiger partial charge in [0.1, 0.15) is 11.5 Å². The normalized spacial score (nSPS) is 19.7. The number of benzene rings is 2. The second-order valence-corrected chi connectivity index (χ2v) is 12.0. The molecule has 200 valence electrons. The molecule has 5 rings (SSSR count). The van der Waals surface area contributed by atoms with E-state index in [-0.39, 0.29) is 41.7 Å². The molecule has 2 aliphatic rings. The third kappa shape index (κ3) is 5.07. The lowest BCUT2D eigenvalue weighted by Crippen LogP contribution is -2.52. The molecule has 1 aliphatic carbocycles. The molecular formula is C30H29FN4O3S. The van der Waals surface area contributed by atoms with Crippen molar-refractivity contribution >= 4 is 27.7 Å². The number of ketones is 1. The second-order valence-electron chi connectivity index (χ2n) is 10.1. The standard InChI is InChI=1S/C30H29FN4O3S/c1-20-13-21(2)15-26(14-20)39(37,38)35-12-10-23-16-28(34-25-8-6-24(31)7-9-25)22(18-32)17-30(23,19-35)29(36)27-5-3-4-11-33-27/h3-9,11,13-16,18,32,34H,10,12,17,19H2,1-2H3. The average molecular weight is 545 g/mol. The fraction of sp³-hybridized carbons (Fsp3) is 0.233. The van der Waals surface area contributed by atoms with E-state index in [0.717, 1.165) is 16.7 Å². The number of fused-ring (bicyclic) bond motifs is 1. The van der Waals surface area contributed by atoms with E-state index in [1.807, 2.05) is 26.0 Å². The Hall–Kier alpha value is -3.95. The number of anilines is 1. The van der Waals surface area contributed by atoms with E-state index >= 15 is 0 Å². The number of halogens is 1. The molecule has 39 heavy (non-hydrogen) atoms. The van der Waals surface area contributed by atoms with Crippen LogP contribution < -0.4 is 5.32 Å². The molecule has 0 radical (unpaired) electrons. The number of nitrogens with zero attached hydrogens (tertiary/aromatic N) is 2. The Balaban J connectivity index is 1.58. The van der Waals surface area contributed by atoms with Gasteiger partial charge in [-0.3, -0.25) is 9.78 Å². The number of Topliss-reactive ketones (excluding diaryl/α,β-unsaturated/α-hetero) is 1. The maximum absolute atomic E-state index is 14.2. The van der Waals surface area contributed by atoms with Crippen LogP contribution in [0.3, 0.4) is 0 Å². The number of nitrogens with one attached hydrogen (secondary N) is 2. The van der Waals surface area contributed by atoms with Crippen molar-refractivity contribution in [2.75, 3.05) is 18.4 Å². The maximum Gasteiger partial charge on any atom is 0.243 e. The van der Waals surface area contributed by atoms with E-state index in [1.165, 1.54) is 28.8 Å². The average Bonchev–Trinajstić information content (AvgIpc) is 2.93. The van der Waals surface area contributed by atoms with Crippen LogP contribution in [-0.2, 0) is 10.0 Å². The second kappa shape index (κ2) is 10.3. The largest absolute Gasteiger partial charge is 0.355 e. The number of carbonyl (C=O) groups is 1. The molecule has 0 amide bonds. The number of pyridine rings is 1. The molecule has 1 unspecified atom stereocenters. The molecule has 1 atom stereocenters. The molecule has 1 aliphatic heterocycles. The van der Waals surface area contributed by atoms with Crippen LogP contribution in [0.2, 0.25) is 0 Å². The van der Waals surface area contributed by atoms with E-state index in [9.17, 15) is 17.6 Å². The number of allylic oxidation sites excluding steroid dienone is 2. The first-order valence-electron chi connectivity index (χ1n) is 12.6.